The van der Waals surface area contributed by atoms with Gasteiger partial charge in [-0.1, -0.05) is 30.1 Å². The van der Waals surface area contributed by atoms with Crippen molar-refractivity contribution in [2.75, 3.05) is 29.6 Å². The van der Waals surface area contributed by atoms with Crippen LogP contribution < -0.4 is 9.47 Å². The molecule has 0 aliphatic carbocycles. The molecule has 2 fully saturated rings. The van der Waals surface area contributed by atoms with Gasteiger partial charge in [0.15, 0.2) is 23.0 Å². The normalized spacial score (nSPS) is 14.5. The molecule has 4 aromatic heterocycles. The maximum atomic E-state index is 12.1. The molecule has 2 saturated heterocycles. The topological polar surface area (TPSA) is 143 Å². The Labute approximate surface area is 271 Å². The van der Waals surface area contributed by atoms with E-state index in [0.717, 1.165) is 23.0 Å². The first-order valence-corrected chi connectivity index (χ1v) is 16.7. The molecule has 1 N–H and O–H groups in total. The van der Waals surface area contributed by atoms with E-state index < -0.39 is 11.9 Å². The van der Waals surface area contributed by atoms with E-state index in [0.29, 0.717) is 39.6 Å². The number of thioether (sulfide) groups is 2. The lowest BCUT2D eigenvalue weighted by Gasteiger charge is -2.24. The Morgan fingerprint density at radius 3 is 2.02 bits per heavy atom. The summed E-state index contributed by atoms with van der Waals surface area (Å²) in [5.41, 5.74) is 0.848. The Balaban J connectivity index is 0.000000175. The number of ether oxygens (including phenoxy) is 3. The van der Waals surface area contributed by atoms with Crippen LogP contribution >= 0.6 is 46.7 Å². The number of pyridine rings is 2. The summed E-state index contributed by atoms with van der Waals surface area (Å²) in [6.07, 6.45) is 3.84. The molecule has 0 bridgehead atoms. The molecule has 232 valence electrons. The van der Waals surface area contributed by atoms with E-state index in [1.807, 2.05) is 6.92 Å². The van der Waals surface area contributed by atoms with Crippen LogP contribution in [0.25, 0.3) is 11.6 Å². The Morgan fingerprint density at radius 2 is 1.52 bits per heavy atom. The minimum Gasteiger partial charge on any atom is -0.476 e. The molecule has 16 heteroatoms. The Hall–Kier alpha value is -3.46. The molecule has 0 saturated carbocycles. The first-order valence-electron chi connectivity index (χ1n) is 13.6. The van der Waals surface area contributed by atoms with Crippen molar-refractivity contribution in [2.45, 2.75) is 32.5 Å². The predicted molar refractivity (Wildman–Crippen MR) is 169 cm³/mol. The summed E-state index contributed by atoms with van der Waals surface area (Å²) in [6.45, 7) is 3.89. The Bertz CT molecular complexity index is 1640. The van der Waals surface area contributed by atoms with E-state index in [-0.39, 0.29) is 36.0 Å². The third-order valence-electron chi connectivity index (χ3n) is 6.33. The highest BCUT2D eigenvalue weighted by Gasteiger charge is 2.29. The van der Waals surface area contributed by atoms with Gasteiger partial charge in [0.1, 0.15) is 12.2 Å². The van der Waals surface area contributed by atoms with E-state index in [2.05, 4.69) is 20.2 Å². The van der Waals surface area contributed by atoms with Gasteiger partial charge >= 0.3 is 11.9 Å². The van der Waals surface area contributed by atoms with Crippen molar-refractivity contribution in [1.82, 2.24) is 29.5 Å². The number of carboxylic acids is 1. The maximum Gasteiger partial charge on any atom is 0.357 e. The summed E-state index contributed by atoms with van der Waals surface area (Å²) >= 11 is 15.9. The Morgan fingerprint density at radius 1 is 0.932 bits per heavy atom. The number of hydrogen-bond acceptors (Lipinski definition) is 11. The fourth-order valence-corrected chi connectivity index (χ4v) is 5.64. The number of aromatic nitrogens is 6. The molecule has 0 radical (unpaired) electrons. The van der Waals surface area contributed by atoms with Gasteiger partial charge in [-0.2, -0.15) is 23.5 Å². The zero-order chi connectivity index (χ0) is 31.2. The SMILES string of the molecule is CCOC(=O)c1cc(OC2CSC2)nn1-c1ncccc1Cl.CCc1c(OC2CSC2)nn(-c2ncccc2Cl)c1C(=O)O. The highest BCUT2D eigenvalue weighted by Crippen LogP contribution is 2.31. The van der Waals surface area contributed by atoms with Crippen LogP contribution in [0.15, 0.2) is 42.7 Å². The first kappa shape index (κ1) is 31.9. The molecule has 12 nitrogen and oxygen atoms in total. The van der Waals surface area contributed by atoms with Crippen LogP contribution in [0, 0.1) is 0 Å². The molecule has 0 aromatic carbocycles. The largest absolute Gasteiger partial charge is 0.476 e. The number of aromatic carboxylic acids is 1. The molecule has 0 unspecified atom stereocenters. The first-order chi connectivity index (χ1) is 21.3. The van der Waals surface area contributed by atoms with Crippen molar-refractivity contribution in [2.24, 2.45) is 0 Å². The lowest BCUT2D eigenvalue weighted by Crippen LogP contribution is -2.31. The van der Waals surface area contributed by atoms with E-state index in [9.17, 15) is 14.7 Å². The van der Waals surface area contributed by atoms with Crippen LogP contribution in [0.4, 0.5) is 0 Å². The van der Waals surface area contributed by atoms with E-state index in [4.69, 9.17) is 37.4 Å². The lowest BCUT2D eigenvalue weighted by molar-refractivity contribution is 0.0515. The number of carbonyl (C=O) groups is 2. The van der Waals surface area contributed by atoms with Crippen molar-refractivity contribution in [3.05, 3.63) is 69.7 Å². The molecule has 0 spiro atoms. The monoisotopic (exact) mass is 678 g/mol. The van der Waals surface area contributed by atoms with Gasteiger partial charge in [0.05, 0.1) is 16.7 Å². The van der Waals surface area contributed by atoms with Crippen molar-refractivity contribution in [1.29, 1.82) is 0 Å². The number of hydrogen-bond donors (Lipinski definition) is 1. The van der Waals surface area contributed by atoms with Gasteiger partial charge in [0.2, 0.25) is 11.8 Å². The number of carbonyl (C=O) groups excluding carboxylic acids is 1. The molecule has 2 aliphatic heterocycles. The molecule has 44 heavy (non-hydrogen) atoms. The summed E-state index contributed by atoms with van der Waals surface area (Å²) < 4.78 is 19.2. The van der Waals surface area contributed by atoms with Crippen LogP contribution in [0.5, 0.6) is 11.8 Å². The minimum absolute atomic E-state index is 0.0464. The van der Waals surface area contributed by atoms with Gasteiger partial charge < -0.3 is 19.3 Å². The second kappa shape index (κ2) is 14.5. The van der Waals surface area contributed by atoms with E-state index in [1.54, 1.807) is 73.2 Å². The zero-order valence-electron chi connectivity index (χ0n) is 23.7. The molecular formula is C28H28Cl2N6O6S2. The van der Waals surface area contributed by atoms with Crippen molar-refractivity contribution in [3.8, 4) is 23.4 Å². The van der Waals surface area contributed by atoms with Gasteiger partial charge in [-0.3, -0.25) is 0 Å². The van der Waals surface area contributed by atoms with Gasteiger partial charge in [0.25, 0.3) is 0 Å². The fraction of sp³-hybridized carbons (Fsp3) is 0.357. The van der Waals surface area contributed by atoms with Gasteiger partial charge in [-0.05, 0) is 37.6 Å². The average Bonchev–Trinajstić information content (AvgIpc) is 3.55. The second-order valence-corrected chi connectivity index (χ2v) is 12.3. The molecule has 4 aromatic rings. The molecule has 0 amide bonds. The second-order valence-electron chi connectivity index (χ2n) is 9.38. The summed E-state index contributed by atoms with van der Waals surface area (Å²) in [7, 11) is 0. The smallest absolute Gasteiger partial charge is 0.357 e. The third kappa shape index (κ3) is 7.09. The quantitative estimate of drug-likeness (QED) is 0.218. The van der Waals surface area contributed by atoms with Crippen LogP contribution in [-0.4, -0.2) is 88.4 Å². The third-order valence-corrected chi connectivity index (χ3v) is 9.35. The fourth-order valence-electron chi connectivity index (χ4n) is 4.10. The Kier molecular flexibility index (Phi) is 10.6. The predicted octanol–water partition coefficient (Wildman–Crippen LogP) is 5.27. The molecular weight excluding hydrogens is 651 g/mol. The molecule has 0 atom stereocenters. The van der Waals surface area contributed by atoms with Crippen LogP contribution in [0.1, 0.15) is 40.4 Å². The number of halogens is 2. The highest BCUT2D eigenvalue weighted by molar-refractivity contribution is 8.01. The maximum absolute atomic E-state index is 12.1. The van der Waals surface area contributed by atoms with Gasteiger partial charge in [-0.25, -0.2) is 28.9 Å². The van der Waals surface area contributed by atoms with Crippen molar-refractivity contribution >= 4 is 58.7 Å². The van der Waals surface area contributed by atoms with Crippen LogP contribution in [0.2, 0.25) is 10.0 Å². The summed E-state index contributed by atoms with van der Waals surface area (Å²) in [4.78, 5) is 32.1. The molecule has 6 heterocycles. The summed E-state index contributed by atoms with van der Waals surface area (Å²) in [5, 5.41) is 18.9. The van der Waals surface area contributed by atoms with Crippen LogP contribution in [0.3, 0.4) is 0 Å². The standard InChI is InChI=1S/2C14H14ClN3O3S/c1-2-20-14(19)11-6-12(21-9-7-22-8-9)17-18(11)13-10(15)4-3-5-16-13;1-2-9-11(14(19)20)18(12-10(15)4-3-5-16-12)17-13(9)21-8-6-22-7-8/h3-6,9H,2,7-8H2,1H3;3-5,8H,2,6-7H2,1H3,(H,19,20). The number of nitrogens with zero attached hydrogens (tertiary/aromatic N) is 6. The number of esters is 1. The van der Waals surface area contributed by atoms with Crippen molar-refractivity contribution < 1.29 is 28.9 Å². The lowest BCUT2D eigenvalue weighted by atomic mass is 10.2. The van der Waals surface area contributed by atoms with Crippen molar-refractivity contribution in [3.63, 3.8) is 0 Å². The van der Waals surface area contributed by atoms with Crippen LogP contribution in [-0.2, 0) is 11.2 Å². The van der Waals surface area contributed by atoms with Gasteiger partial charge in [0, 0.05) is 47.0 Å². The van der Waals surface area contributed by atoms with E-state index >= 15 is 0 Å². The summed E-state index contributed by atoms with van der Waals surface area (Å²) in [5.74, 6) is 3.43. The molecule has 2 aliphatic rings. The number of carboxylic acid groups (broad SMARTS) is 1. The summed E-state index contributed by atoms with van der Waals surface area (Å²) in [6, 6.07) is 8.28. The minimum atomic E-state index is -1.08. The van der Waals surface area contributed by atoms with Gasteiger partial charge in [-0.15, -0.1) is 10.2 Å². The molecule has 6 rings (SSSR count). The van der Waals surface area contributed by atoms with E-state index in [1.165, 1.54) is 9.36 Å². The number of rotatable bonds is 10. The highest BCUT2D eigenvalue weighted by atomic mass is 35.5. The average molecular weight is 680 g/mol. The zero-order valence-corrected chi connectivity index (χ0v) is 26.8.